The van der Waals surface area contributed by atoms with Gasteiger partial charge in [-0.2, -0.15) is 11.8 Å². The number of thioether (sulfide) groups is 1. The number of nitrogens with zero attached hydrogens (tertiary/aromatic N) is 1. The van der Waals surface area contributed by atoms with Gasteiger partial charge >= 0.3 is 0 Å². The lowest BCUT2D eigenvalue weighted by Crippen LogP contribution is -2.50. The highest BCUT2D eigenvalue weighted by atomic mass is 32.2. The normalized spacial score (nSPS) is 23.1. The Morgan fingerprint density at radius 1 is 1.47 bits per heavy atom. The molecule has 1 saturated heterocycles. The van der Waals surface area contributed by atoms with Gasteiger partial charge in [-0.3, -0.25) is 4.79 Å². The standard InChI is InChI=1S/C11H22N2OS/c1-8(2)10(11(14)13(3)4)12-9-5-6-15-7-9/h8-10,12H,5-7H2,1-4H3. The summed E-state index contributed by atoms with van der Waals surface area (Å²) in [6.07, 6.45) is 1.19. The zero-order valence-electron chi connectivity index (χ0n) is 10.1. The van der Waals surface area contributed by atoms with Gasteiger partial charge in [0.25, 0.3) is 0 Å². The van der Waals surface area contributed by atoms with Crippen LogP contribution in [0, 0.1) is 5.92 Å². The van der Waals surface area contributed by atoms with Gasteiger partial charge in [-0.15, -0.1) is 0 Å². The SMILES string of the molecule is CC(C)C(NC1CCSC1)C(=O)N(C)C. The summed E-state index contributed by atoms with van der Waals surface area (Å²) in [7, 11) is 3.64. The molecule has 1 rings (SSSR count). The van der Waals surface area contributed by atoms with Crippen molar-refractivity contribution in [2.75, 3.05) is 25.6 Å². The Hall–Kier alpha value is -0.220. The Kier molecular flexibility index (Phi) is 4.93. The van der Waals surface area contributed by atoms with E-state index in [1.54, 1.807) is 4.90 Å². The molecular formula is C11H22N2OS. The van der Waals surface area contributed by atoms with Crippen molar-refractivity contribution in [1.82, 2.24) is 10.2 Å². The summed E-state index contributed by atoms with van der Waals surface area (Å²) < 4.78 is 0. The first-order chi connectivity index (χ1) is 7.02. The van der Waals surface area contributed by atoms with Crippen LogP contribution >= 0.6 is 11.8 Å². The van der Waals surface area contributed by atoms with E-state index in [1.807, 2.05) is 25.9 Å². The molecule has 0 aromatic carbocycles. The molecule has 1 aliphatic heterocycles. The minimum Gasteiger partial charge on any atom is -0.347 e. The number of amides is 1. The molecule has 1 aliphatic rings. The number of hydrogen-bond acceptors (Lipinski definition) is 3. The average Bonchev–Trinajstić information content (AvgIpc) is 2.64. The lowest BCUT2D eigenvalue weighted by Gasteiger charge is -2.27. The molecule has 2 unspecified atom stereocenters. The quantitative estimate of drug-likeness (QED) is 0.787. The van der Waals surface area contributed by atoms with Gasteiger partial charge in [0.1, 0.15) is 0 Å². The van der Waals surface area contributed by atoms with Crippen molar-refractivity contribution in [2.24, 2.45) is 5.92 Å². The van der Waals surface area contributed by atoms with Crippen molar-refractivity contribution in [3.63, 3.8) is 0 Å². The molecule has 2 atom stereocenters. The molecule has 15 heavy (non-hydrogen) atoms. The van der Waals surface area contributed by atoms with Gasteiger partial charge in [-0.1, -0.05) is 13.8 Å². The van der Waals surface area contributed by atoms with E-state index >= 15 is 0 Å². The van der Waals surface area contributed by atoms with E-state index in [4.69, 9.17) is 0 Å². The minimum absolute atomic E-state index is 0.0244. The van der Waals surface area contributed by atoms with Gasteiger partial charge in [0.05, 0.1) is 6.04 Å². The molecule has 1 heterocycles. The first-order valence-corrected chi connectivity index (χ1v) is 6.72. The van der Waals surface area contributed by atoms with Crippen LogP contribution < -0.4 is 5.32 Å². The Morgan fingerprint density at radius 3 is 2.53 bits per heavy atom. The summed E-state index contributed by atoms with van der Waals surface area (Å²) in [5.41, 5.74) is 0. The highest BCUT2D eigenvalue weighted by molar-refractivity contribution is 7.99. The summed E-state index contributed by atoms with van der Waals surface area (Å²) >= 11 is 1.97. The van der Waals surface area contributed by atoms with Crippen molar-refractivity contribution < 1.29 is 4.79 Å². The van der Waals surface area contributed by atoms with E-state index in [0.29, 0.717) is 12.0 Å². The molecule has 1 N–H and O–H groups in total. The third kappa shape index (κ3) is 3.68. The third-order valence-electron chi connectivity index (χ3n) is 2.72. The molecular weight excluding hydrogens is 208 g/mol. The molecule has 1 amide bonds. The van der Waals surface area contributed by atoms with E-state index in [0.717, 1.165) is 5.75 Å². The van der Waals surface area contributed by atoms with Crippen molar-refractivity contribution in [3.05, 3.63) is 0 Å². The molecule has 4 heteroatoms. The number of hydrogen-bond donors (Lipinski definition) is 1. The topological polar surface area (TPSA) is 32.3 Å². The molecule has 0 aromatic rings. The minimum atomic E-state index is -0.0244. The van der Waals surface area contributed by atoms with E-state index in [1.165, 1.54) is 12.2 Å². The Bertz CT molecular complexity index is 213. The van der Waals surface area contributed by atoms with E-state index in [2.05, 4.69) is 19.2 Å². The molecule has 0 aromatic heterocycles. The van der Waals surface area contributed by atoms with Crippen LogP contribution in [0.25, 0.3) is 0 Å². The maximum atomic E-state index is 11.9. The summed E-state index contributed by atoms with van der Waals surface area (Å²) in [4.78, 5) is 13.6. The highest BCUT2D eigenvalue weighted by Crippen LogP contribution is 2.19. The van der Waals surface area contributed by atoms with Crippen molar-refractivity contribution in [1.29, 1.82) is 0 Å². The predicted molar refractivity (Wildman–Crippen MR) is 66.2 cm³/mol. The van der Waals surface area contributed by atoms with E-state index in [-0.39, 0.29) is 11.9 Å². The van der Waals surface area contributed by atoms with Gasteiger partial charge < -0.3 is 10.2 Å². The fourth-order valence-electron chi connectivity index (χ4n) is 1.75. The van der Waals surface area contributed by atoms with Gasteiger partial charge in [0.15, 0.2) is 0 Å². The number of likely N-dealkylation sites (N-methyl/N-ethyl adjacent to an activating group) is 1. The van der Waals surface area contributed by atoms with Crippen LogP contribution in [0.4, 0.5) is 0 Å². The second-order valence-corrected chi connectivity index (χ2v) is 5.83. The Morgan fingerprint density at radius 2 is 2.13 bits per heavy atom. The van der Waals surface area contributed by atoms with Gasteiger partial charge in [0, 0.05) is 25.9 Å². The van der Waals surface area contributed by atoms with Crippen molar-refractivity contribution >= 4 is 17.7 Å². The number of rotatable bonds is 4. The van der Waals surface area contributed by atoms with Crippen LogP contribution in [0.3, 0.4) is 0 Å². The fourth-order valence-corrected chi connectivity index (χ4v) is 2.91. The second-order valence-electron chi connectivity index (χ2n) is 4.68. The fraction of sp³-hybridized carbons (Fsp3) is 0.909. The molecule has 1 fully saturated rings. The smallest absolute Gasteiger partial charge is 0.239 e. The summed E-state index contributed by atoms with van der Waals surface area (Å²) in [6.45, 7) is 4.20. The van der Waals surface area contributed by atoms with Crippen LogP contribution in [-0.2, 0) is 4.79 Å². The Balaban J connectivity index is 2.53. The van der Waals surface area contributed by atoms with Crippen LogP contribution in [0.1, 0.15) is 20.3 Å². The number of carbonyl (C=O) groups is 1. The van der Waals surface area contributed by atoms with Crippen LogP contribution in [-0.4, -0.2) is 48.5 Å². The van der Waals surface area contributed by atoms with Crippen molar-refractivity contribution in [3.8, 4) is 0 Å². The maximum absolute atomic E-state index is 11.9. The zero-order valence-corrected chi connectivity index (χ0v) is 10.9. The molecule has 3 nitrogen and oxygen atoms in total. The summed E-state index contributed by atoms with van der Waals surface area (Å²) in [5, 5.41) is 3.48. The Labute approximate surface area is 97.0 Å². The van der Waals surface area contributed by atoms with Gasteiger partial charge in [-0.05, 0) is 18.1 Å². The highest BCUT2D eigenvalue weighted by Gasteiger charge is 2.27. The summed E-state index contributed by atoms with van der Waals surface area (Å²) in [5.74, 6) is 2.91. The van der Waals surface area contributed by atoms with Gasteiger partial charge in [0.2, 0.25) is 5.91 Å². The maximum Gasteiger partial charge on any atom is 0.239 e. The molecule has 0 bridgehead atoms. The zero-order chi connectivity index (χ0) is 11.4. The molecule has 0 radical (unpaired) electrons. The lowest BCUT2D eigenvalue weighted by molar-refractivity contribution is -0.132. The molecule has 0 aliphatic carbocycles. The molecule has 88 valence electrons. The molecule has 0 saturated carbocycles. The van der Waals surface area contributed by atoms with Crippen LogP contribution in [0.2, 0.25) is 0 Å². The first-order valence-electron chi connectivity index (χ1n) is 5.57. The predicted octanol–water partition coefficient (Wildman–Crippen LogP) is 1.19. The number of carbonyl (C=O) groups excluding carboxylic acids is 1. The average molecular weight is 230 g/mol. The summed E-state index contributed by atoms with van der Waals surface area (Å²) in [6, 6.07) is 0.495. The van der Waals surface area contributed by atoms with Crippen molar-refractivity contribution in [2.45, 2.75) is 32.4 Å². The molecule has 0 spiro atoms. The van der Waals surface area contributed by atoms with E-state index in [9.17, 15) is 4.79 Å². The lowest BCUT2D eigenvalue weighted by atomic mass is 10.0. The largest absolute Gasteiger partial charge is 0.347 e. The first kappa shape index (κ1) is 12.8. The number of nitrogens with one attached hydrogen (secondary N) is 1. The van der Waals surface area contributed by atoms with Crippen LogP contribution in [0.5, 0.6) is 0 Å². The third-order valence-corrected chi connectivity index (χ3v) is 3.88. The van der Waals surface area contributed by atoms with E-state index < -0.39 is 0 Å². The van der Waals surface area contributed by atoms with Crippen LogP contribution in [0.15, 0.2) is 0 Å². The monoisotopic (exact) mass is 230 g/mol. The second kappa shape index (κ2) is 5.75. The van der Waals surface area contributed by atoms with Gasteiger partial charge in [-0.25, -0.2) is 0 Å².